The number of likely N-dealkylation sites (N-methyl/N-ethyl adjacent to an activating group) is 1. The molecule has 3 heterocycles. The van der Waals surface area contributed by atoms with Gasteiger partial charge in [0, 0.05) is 31.4 Å². The van der Waals surface area contributed by atoms with E-state index in [1.165, 1.54) is 4.90 Å². The number of aryl methyl sites for hydroxylation is 1. The van der Waals surface area contributed by atoms with Gasteiger partial charge in [0.2, 0.25) is 11.8 Å². The Morgan fingerprint density at radius 3 is 2.56 bits per heavy atom. The van der Waals surface area contributed by atoms with Crippen molar-refractivity contribution in [3.8, 4) is 0 Å². The van der Waals surface area contributed by atoms with Crippen LogP contribution in [0.3, 0.4) is 0 Å². The average molecular weight is 532 g/mol. The van der Waals surface area contributed by atoms with Gasteiger partial charge < -0.3 is 19.8 Å². The molecule has 5 atom stereocenters. The summed E-state index contributed by atoms with van der Waals surface area (Å²) in [4.78, 5) is 46.7. The van der Waals surface area contributed by atoms with Gasteiger partial charge in [-0.25, -0.2) is 0 Å². The Morgan fingerprint density at radius 2 is 1.94 bits per heavy atom. The molecule has 194 valence electrons. The lowest BCUT2D eigenvalue weighted by Crippen LogP contribution is -2.55. The molecule has 2 bridgehead atoms. The number of likely N-dealkylation sites (tertiary alicyclic amines) is 1. The van der Waals surface area contributed by atoms with Crippen molar-refractivity contribution in [2.75, 3.05) is 38.2 Å². The van der Waals surface area contributed by atoms with Crippen LogP contribution in [0.2, 0.25) is 5.02 Å². The molecule has 4 rings (SSSR count). The van der Waals surface area contributed by atoms with Crippen LogP contribution >= 0.6 is 23.4 Å². The van der Waals surface area contributed by atoms with Crippen molar-refractivity contribution >= 4 is 46.8 Å². The Balaban J connectivity index is 1.82. The second-order valence-corrected chi connectivity index (χ2v) is 12.4. The van der Waals surface area contributed by atoms with Gasteiger partial charge in [-0.15, -0.1) is 24.9 Å². The van der Waals surface area contributed by atoms with Crippen molar-refractivity contribution in [3.05, 3.63) is 54.1 Å². The van der Waals surface area contributed by atoms with Gasteiger partial charge in [0.1, 0.15) is 6.04 Å². The van der Waals surface area contributed by atoms with E-state index in [1.54, 1.807) is 46.8 Å². The fraction of sp³-hybridized carbons (Fsp3) is 0.519. The second kappa shape index (κ2) is 9.88. The average Bonchev–Trinajstić information content (AvgIpc) is 3.39. The Morgan fingerprint density at radius 1 is 1.25 bits per heavy atom. The zero-order chi connectivity index (χ0) is 26.4. The molecule has 3 aliphatic rings. The van der Waals surface area contributed by atoms with Crippen molar-refractivity contribution in [1.82, 2.24) is 9.80 Å². The minimum Gasteiger partial charge on any atom is -0.395 e. The molecule has 1 aromatic carbocycles. The Hall–Kier alpha value is -2.29. The van der Waals surface area contributed by atoms with Gasteiger partial charge >= 0.3 is 0 Å². The molecule has 7 nitrogen and oxygen atoms in total. The van der Waals surface area contributed by atoms with Crippen LogP contribution in [0.4, 0.5) is 5.69 Å². The maximum absolute atomic E-state index is 14.4. The summed E-state index contributed by atoms with van der Waals surface area (Å²) < 4.78 is -1.22. The summed E-state index contributed by atoms with van der Waals surface area (Å²) in [6.45, 7) is 11.8. The van der Waals surface area contributed by atoms with Gasteiger partial charge in [0.05, 0.1) is 33.9 Å². The van der Waals surface area contributed by atoms with Crippen molar-refractivity contribution in [2.45, 2.75) is 42.2 Å². The summed E-state index contributed by atoms with van der Waals surface area (Å²) in [5.41, 5.74) is 1.42. The first kappa shape index (κ1) is 26.8. The van der Waals surface area contributed by atoms with Gasteiger partial charge in [0.25, 0.3) is 5.91 Å². The number of carbonyl (C=O) groups is 3. The molecule has 36 heavy (non-hydrogen) atoms. The number of aliphatic hydroxyl groups excluding tert-OH is 1. The number of carbonyl (C=O) groups excluding carboxylic acids is 3. The molecule has 9 heteroatoms. The fourth-order valence-electron chi connectivity index (χ4n) is 6.48. The largest absolute Gasteiger partial charge is 0.395 e. The number of halogens is 1. The van der Waals surface area contributed by atoms with E-state index < -0.39 is 27.4 Å². The first-order valence-electron chi connectivity index (χ1n) is 12.2. The number of anilines is 1. The zero-order valence-electron chi connectivity index (χ0n) is 21.1. The van der Waals surface area contributed by atoms with E-state index >= 15 is 0 Å². The Kier molecular flexibility index (Phi) is 7.34. The predicted molar refractivity (Wildman–Crippen MR) is 144 cm³/mol. The maximum atomic E-state index is 14.4. The predicted octanol–water partition coefficient (Wildman–Crippen LogP) is 3.29. The molecule has 1 aromatic rings. The summed E-state index contributed by atoms with van der Waals surface area (Å²) in [5.74, 6) is -1.80. The number of rotatable bonds is 9. The first-order chi connectivity index (χ1) is 17.1. The van der Waals surface area contributed by atoms with Crippen molar-refractivity contribution in [3.63, 3.8) is 0 Å². The molecule has 0 aromatic heterocycles. The number of thioether (sulfide) groups is 1. The molecule has 2 unspecified atom stereocenters. The van der Waals surface area contributed by atoms with E-state index in [1.807, 2.05) is 26.0 Å². The van der Waals surface area contributed by atoms with Gasteiger partial charge in [-0.1, -0.05) is 35.9 Å². The van der Waals surface area contributed by atoms with E-state index in [-0.39, 0.29) is 37.4 Å². The number of amides is 3. The molecule has 0 aliphatic carbocycles. The monoisotopic (exact) mass is 531 g/mol. The lowest BCUT2D eigenvalue weighted by atomic mass is 9.66. The van der Waals surface area contributed by atoms with Crippen LogP contribution in [0.5, 0.6) is 0 Å². The van der Waals surface area contributed by atoms with Crippen LogP contribution in [0.1, 0.15) is 25.3 Å². The van der Waals surface area contributed by atoms with Gasteiger partial charge in [-0.3, -0.25) is 14.4 Å². The van der Waals surface area contributed by atoms with Crippen LogP contribution in [0, 0.1) is 18.8 Å². The Labute approximate surface area is 222 Å². The Bertz CT molecular complexity index is 1090. The van der Waals surface area contributed by atoms with Crippen LogP contribution in [0.15, 0.2) is 43.5 Å². The van der Waals surface area contributed by atoms with E-state index in [0.717, 1.165) is 12.0 Å². The lowest BCUT2D eigenvalue weighted by molar-refractivity contribution is -0.144. The highest BCUT2D eigenvalue weighted by Gasteiger charge is 2.77. The summed E-state index contributed by atoms with van der Waals surface area (Å²) in [6, 6.07) is 4.63. The summed E-state index contributed by atoms with van der Waals surface area (Å²) in [6.07, 6.45) is 4.67. The number of hydrogen-bond acceptors (Lipinski definition) is 5. The standard InChI is InChI=1S/C27H34ClN3O4S/c1-6-13-29(5)23(33)19-20-24(34)31(15-16-32)22(27(20)12-11-26(19,4)36-27)25(35)30(14-7-2)21-17(3)9-8-10-18(21)28/h6-10,19-20,22,32H,1-2,11-16H2,3-5H3/t19-,20-,22?,26+,27?/m0/s1. The SMILES string of the molecule is C=CCN(C)C(=O)[C@@H]1[C@H]2C(=O)N(CCO)C(C(=O)N(CC=C)c3c(C)cccc3Cl)C23CC[C@@]1(C)S3. The van der Waals surface area contributed by atoms with Crippen LogP contribution < -0.4 is 4.90 Å². The number of hydrogen-bond donors (Lipinski definition) is 1. The zero-order valence-corrected chi connectivity index (χ0v) is 22.6. The van der Waals surface area contributed by atoms with Crippen molar-refractivity contribution in [2.24, 2.45) is 11.8 Å². The van der Waals surface area contributed by atoms with E-state index in [4.69, 9.17) is 11.6 Å². The number of β-amino-alcohol motifs (C(OH)–C–C–N with tert-alkyl or cyclic N) is 1. The lowest BCUT2D eigenvalue weighted by Gasteiger charge is -2.38. The quantitative estimate of drug-likeness (QED) is 0.495. The molecule has 0 saturated carbocycles. The van der Waals surface area contributed by atoms with Crippen LogP contribution in [0.25, 0.3) is 0 Å². The third kappa shape index (κ3) is 3.89. The molecular weight excluding hydrogens is 498 g/mol. The van der Waals surface area contributed by atoms with Gasteiger partial charge in [-0.2, -0.15) is 0 Å². The maximum Gasteiger partial charge on any atom is 0.251 e. The summed E-state index contributed by atoms with van der Waals surface area (Å²) in [7, 11) is 1.72. The summed E-state index contributed by atoms with van der Waals surface area (Å²) >= 11 is 8.17. The van der Waals surface area contributed by atoms with Gasteiger partial charge in [0.15, 0.2) is 0 Å². The fourth-order valence-corrected chi connectivity index (χ4v) is 9.15. The molecular formula is C27H34ClN3O4S. The number of benzene rings is 1. The highest BCUT2D eigenvalue weighted by Crippen LogP contribution is 2.71. The normalized spacial score (nSPS) is 30.3. The second-order valence-electron chi connectivity index (χ2n) is 10.1. The molecule has 1 spiro atoms. The van der Waals surface area contributed by atoms with Crippen molar-refractivity contribution in [1.29, 1.82) is 0 Å². The van der Waals surface area contributed by atoms with Crippen LogP contribution in [-0.2, 0) is 14.4 Å². The third-order valence-electron chi connectivity index (χ3n) is 7.93. The molecule has 3 saturated heterocycles. The van der Waals surface area contributed by atoms with E-state index in [0.29, 0.717) is 23.7 Å². The number of fused-ring (bicyclic) bond motifs is 1. The van der Waals surface area contributed by atoms with Crippen molar-refractivity contribution < 1.29 is 19.5 Å². The summed E-state index contributed by atoms with van der Waals surface area (Å²) in [5, 5.41) is 10.3. The molecule has 3 fully saturated rings. The highest BCUT2D eigenvalue weighted by atomic mass is 35.5. The first-order valence-corrected chi connectivity index (χ1v) is 13.4. The van der Waals surface area contributed by atoms with E-state index in [2.05, 4.69) is 13.2 Å². The third-order valence-corrected chi connectivity index (χ3v) is 10.2. The number of para-hydroxylation sites is 1. The molecule has 1 N–H and O–H groups in total. The number of nitrogens with zero attached hydrogens (tertiary/aromatic N) is 3. The highest BCUT2D eigenvalue weighted by molar-refractivity contribution is 8.02. The molecule has 3 amide bonds. The molecule has 3 aliphatic heterocycles. The smallest absolute Gasteiger partial charge is 0.251 e. The van der Waals surface area contributed by atoms with Crippen LogP contribution in [-0.4, -0.2) is 81.5 Å². The minimum atomic E-state index is -0.827. The number of aliphatic hydroxyl groups is 1. The minimum absolute atomic E-state index is 0.0254. The van der Waals surface area contributed by atoms with Gasteiger partial charge in [-0.05, 0) is 38.3 Å². The van der Waals surface area contributed by atoms with E-state index in [9.17, 15) is 19.5 Å². The molecule has 0 radical (unpaired) electrons. The topological polar surface area (TPSA) is 81.2 Å².